The van der Waals surface area contributed by atoms with E-state index in [4.69, 9.17) is 9.47 Å². The highest BCUT2D eigenvalue weighted by molar-refractivity contribution is 5.98. The van der Waals surface area contributed by atoms with Crippen molar-refractivity contribution in [1.29, 1.82) is 0 Å². The summed E-state index contributed by atoms with van der Waals surface area (Å²) in [5.41, 5.74) is 1.03. The van der Waals surface area contributed by atoms with Crippen LogP contribution in [0.3, 0.4) is 0 Å². The van der Waals surface area contributed by atoms with Crippen molar-refractivity contribution in [3.8, 4) is 5.75 Å². The summed E-state index contributed by atoms with van der Waals surface area (Å²) in [6.07, 6.45) is 3.33. The van der Waals surface area contributed by atoms with E-state index in [0.29, 0.717) is 31.0 Å². The van der Waals surface area contributed by atoms with Crippen LogP contribution < -0.4 is 10.1 Å². The minimum absolute atomic E-state index is 0.233. The average Bonchev–Trinajstić information content (AvgIpc) is 3.23. The molecule has 2 atom stereocenters. The first-order chi connectivity index (χ1) is 15.2. The minimum Gasteiger partial charge on any atom is -0.487 e. The van der Waals surface area contributed by atoms with Crippen molar-refractivity contribution in [1.82, 2.24) is 20.2 Å². The summed E-state index contributed by atoms with van der Waals surface area (Å²) in [6.45, 7) is 1.05. The number of ether oxygens (including phenoxy) is 2. The van der Waals surface area contributed by atoms with Gasteiger partial charge in [-0.05, 0) is 24.3 Å². The predicted molar refractivity (Wildman–Crippen MR) is 115 cm³/mol. The highest BCUT2D eigenvalue weighted by Gasteiger charge is 2.41. The van der Waals surface area contributed by atoms with Crippen LogP contribution in [0.4, 0.5) is 0 Å². The molecule has 160 valence electrons. The first kappa shape index (κ1) is 20.7. The van der Waals surface area contributed by atoms with Crippen LogP contribution in [0.5, 0.6) is 5.75 Å². The number of likely N-dealkylation sites (tertiary alicyclic amines) is 1. The molecule has 0 bridgehead atoms. The number of carbonyl (C=O) groups excluding carboxylic acids is 2. The third kappa shape index (κ3) is 4.80. The Bertz CT molecular complexity index is 1060. The standard InChI is InChI=1S/C23H24N4O4/c1-30-12-11-25-22(28)21-13-18(31-17-6-4-10-24-14-17)15-27(21)23(29)20-9-8-16-5-2-3-7-19(16)26-20/h2-10,14,18,21H,11-13,15H2,1H3,(H,25,28)/t18-,21-/m0/s1. The number of benzene rings is 1. The van der Waals surface area contributed by atoms with Crippen LogP contribution in [0.1, 0.15) is 16.9 Å². The van der Waals surface area contributed by atoms with Crippen molar-refractivity contribution in [3.63, 3.8) is 0 Å². The third-order valence-corrected chi connectivity index (χ3v) is 5.19. The van der Waals surface area contributed by atoms with Crippen molar-refractivity contribution in [2.45, 2.75) is 18.6 Å². The molecule has 2 amide bonds. The molecule has 0 aliphatic carbocycles. The molecule has 1 aromatic carbocycles. The summed E-state index contributed by atoms with van der Waals surface area (Å²) >= 11 is 0. The molecule has 2 aromatic heterocycles. The molecule has 1 aliphatic rings. The summed E-state index contributed by atoms with van der Waals surface area (Å²) in [7, 11) is 1.57. The lowest BCUT2D eigenvalue weighted by Crippen LogP contribution is -2.46. The van der Waals surface area contributed by atoms with E-state index >= 15 is 0 Å². The summed E-state index contributed by atoms with van der Waals surface area (Å²) in [4.78, 5) is 36.3. The minimum atomic E-state index is -0.653. The maximum Gasteiger partial charge on any atom is 0.273 e. The molecule has 0 spiro atoms. The van der Waals surface area contributed by atoms with Gasteiger partial charge in [0, 0.05) is 31.7 Å². The molecule has 8 heteroatoms. The Morgan fingerprint density at radius 2 is 2.03 bits per heavy atom. The van der Waals surface area contributed by atoms with E-state index in [2.05, 4.69) is 15.3 Å². The average molecular weight is 420 g/mol. The number of nitrogens with zero attached hydrogens (tertiary/aromatic N) is 3. The maximum atomic E-state index is 13.3. The van der Waals surface area contributed by atoms with E-state index in [1.807, 2.05) is 30.3 Å². The highest BCUT2D eigenvalue weighted by Crippen LogP contribution is 2.25. The molecule has 3 aromatic rings. The lowest BCUT2D eigenvalue weighted by Gasteiger charge is -2.23. The summed E-state index contributed by atoms with van der Waals surface area (Å²) in [5, 5.41) is 3.78. The van der Waals surface area contributed by atoms with Gasteiger partial charge >= 0.3 is 0 Å². The van der Waals surface area contributed by atoms with Crippen LogP contribution in [0, 0.1) is 0 Å². The number of aromatic nitrogens is 2. The Balaban J connectivity index is 1.55. The number of hydrogen-bond acceptors (Lipinski definition) is 6. The fourth-order valence-electron chi connectivity index (χ4n) is 3.69. The van der Waals surface area contributed by atoms with Crippen LogP contribution >= 0.6 is 0 Å². The van der Waals surface area contributed by atoms with Crippen LogP contribution in [0.15, 0.2) is 60.9 Å². The number of methoxy groups -OCH3 is 1. The van der Waals surface area contributed by atoms with Gasteiger partial charge in [0.25, 0.3) is 5.91 Å². The molecule has 3 heterocycles. The molecule has 1 aliphatic heterocycles. The van der Waals surface area contributed by atoms with Gasteiger partial charge in [0.15, 0.2) is 0 Å². The zero-order valence-electron chi connectivity index (χ0n) is 17.2. The number of rotatable bonds is 7. The van der Waals surface area contributed by atoms with E-state index in [-0.39, 0.29) is 24.5 Å². The largest absolute Gasteiger partial charge is 0.487 e. The number of nitrogens with one attached hydrogen (secondary N) is 1. The lowest BCUT2D eigenvalue weighted by atomic mass is 10.1. The number of para-hydroxylation sites is 1. The Labute approximate surface area is 180 Å². The van der Waals surface area contributed by atoms with Gasteiger partial charge in [-0.1, -0.05) is 24.3 Å². The fourth-order valence-corrected chi connectivity index (χ4v) is 3.69. The van der Waals surface area contributed by atoms with Crippen LogP contribution in [-0.2, 0) is 9.53 Å². The molecule has 4 rings (SSSR count). The van der Waals surface area contributed by atoms with Crippen LogP contribution in [0.25, 0.3) is 10.9 Å². The lowest BCUT2D eigenvalue weighted by molar-refractivity contribution is -0.125. The smallest absolute Gasteiger partial charge is 0.273 e. The van der Waals surface area contributed by atoms with E-state index in [1.54, 1.807) is 42.6 Å². The molecule has 0 unspecified atom stereocenters. The van der Waals surface area contributed by atoms with E-state index in [9.17, 15) is 9.59 Å². The molecular weight excluding hydrogens is 396 g/mol. The Morgan fingerprint density at radius 3 is 2.84 bits per heavy atom. The number of fused-ring (bicyclic) bond motifs is 1. The molecule has 0 saturated carbocycles. The van der Waals surface area contributed by atoms with Gasteiger partial charge in [-0.15, -0.1) is 0 Å². The Hall–Kier alpha value is -3.52. The van der Waals surface area contributed by atoms with Gasteiger partial charge in [-0.3, -0.25) is 14.6 Å². The second-order valence-electron chi connectivity index (χ2n) is 7.31. The molecule has 31 heavy (non-hydrogen) atoms. The summed E-state index contributed by atoms with van der Waals surface area (Å²) in [6, 6.07) is 14.1. The summed E-state index contributed by atoms with van der Waals surface area (Å²) in [5.74, 6) is 0.0718. The Morgan fingerprint density at radius 1 is 1.16 bits per heavy atom. The van der Waals surface area contributed by atoms with Gasteiger partial charge in [0.1, 0.15) is 23.6 Å². The second-order valence-corrected chi connectivity index (χ2v) is 7.31. The topological polar surface area (TPSA) is 93.7 Å². The zero-order valence-corrected chi connectivity index (χ0v) is 17.2. The van der Waals surface area contributed by atoms with Gasteiger partial charge in [-0.25, -0.2) is 4.98 Å². The molecule has 0 radical (unpaired) electrons. The van der Waals surface area contributed by atoms with Gasteiger partial charge < -0.3 is 19.7 Å². The zero-order chi connectivity index (χ0) is 21.6. The molecule has 1 fully saturated rings. The molecule has 1 N–H and O–H groups in total. The normalized spacial score (nSPS) is 18.2. The van der Waals surface area contributed by atoms with Crippen LogP contribution in [0.2, 0.25) is 0 Å². The quantitative estimate of drug-likeness (QED) is 0.588. The van der Waals surface area contributed by atoms with Crippen molar-refractivity contribution in [2.75, 3.05) is 26.8 Å². The number of amides is 2. The SMILES string of the molecule is COCCNC(=O)[C@@H]1C[C@H](Oc2cccnc2)CN1C(=O)c1ccc2ccccc2n1. The third-order valence-electron chi connectivity index (χ3n) is 5.19. The van der Waals surface area contributed by atoms with E-state index in [0.717, 1.165) is 10.9 Å². The predicted octanol–water partition coefficient (Wildman–Crippen LogP) is 2.05. The number of pyridine rings is 2. The van der Waals surface area contributed by atoms with Gasteiger partial charge in [-0.2, -0.15) is 0 Å². The van der Waals surface area contributed by atoms with Gasteiger partial charge in [0.05, 0.1) is 24.9 Å². The molecular formula is C23H24N4O4. The maximum absolute atomic E-state index is 13.3. The van der Waals surface area contributed by atoms with Crippen molar-refractivity contribution >= 4 is 22.7 Å². The molecule has 1 saturated heterocycles. The first-order valence-electron chi connectivity index (χ1n) is 10.2. The fraction of sp³-hybridized carbons (Fsp3) is 0.304. The van der Waals surface area contributed by atoms with Crippen molar-refractivity contribution in [2.24, 2.45) is 0 Å². The van der Waals surface area contributed by atoms with Gasteiger partial charge in [0.2, 0.25) is 5.91 Å². The van der Waals surface area contributed by atoms with E-state index in [1.165, 1.54) is 0 Å². The monoisotopic (exact) mass is 420 g/mol. The second kappa shape index (κ2) is 9.53. The van der Waals surface area contributed by atoms with Crippen molar-refractivity contribution < 1.29 is 19.1 Å². The molecule has 8 nitrogen and oxygen atoms in total. The van der Waals surface area contributed by atoms with Crippen molar-refractivity contribution in [3.05, 3.63) is 66.6 Å². The van der Waals surface area contributed by atoms with E-state index < -0.39 is 6.04 Å². The highest BCUT2D eigenvalue weighted by atomic mass is 16.5. The van der Waals surface area contributed by atoms with Crippen LogP contribution in [-0.4, -0.2) is 65.6 Å². The summed E-state index contributed by atoms with van der Waals surface area (Å²) < 4.78 is 11.0. The Kier molecular flexibility index (Phi) is 6.37. The first-order valence-corrected chi connectivity index (χ1v) is 10.2. The number of carbonyl (C=O) groups is 2. The number of hydrogen-bond donors (Lipinski definition) is 1.